The lowest BCUT2D eigenvalue weighted by Gasteiger charge is -2.10. The molecule has 1 saturated heterocycles. The van der Waals surface area contributed by atoms with Crippen molar-refractivity contribution in [1.29, 1.82) is 0 Å². The van der Waals surface area contributed by atoms with Gasteiger partial charge in [0.05, 0.1) is 6.61 Å². The van der Waals surface area contributed by atoms with E-state index in [1.807, 2.05) is 0 Å². The van der Waals surface area contributed by atoms with Crippen LogP contribution in [0.1, 0.15) is 122 Å². The minimum atomic E-state index is -0.0385. The van der Waals surface area contributed by atoms with E-state index in [2.05, 4.69) is 12.2 Å². The van der Waals surface area contributed by atoms with Crippen LogP contribution in [0.4, 0.5) is 0 Å². The number of unbranched alkanes of at least 4 members (excludes halogenated alkanes) is 15. The Bertz CT molecular complexity index is 320. The van der Waals surface area contributed by atoms with Crippen molar-refractivity contribution in [2.24, 2.45) is 0 Å². The van der Waals surface area contributed by atoms with Gasteiger partial charge in [0, 0.05) is 0 Å². The summed E-state index contributed by atoms with van der Waals surface area (Å²) in [5.41, 5.74) is 0. The van der Waals surface area contributed by atoms with Gasteiger partial charge in [-0.05, 0) is 25.8 Å². The fourth-order valence-corrected chi connectivity index (χ4v) is 3.81. The summed E-state index contributed by atoms with van der Waals surface area (Å²) >= 11 is 0. The van der Waals surface area contributed by atoms with E-state index in [1.54, 1.807) is 0 Å². The molecule has 0 aliphatic carbocycles. The van der Waals surface area contributed by atoms with Crippen LogP contribution in [0, 0.1) is 0 Å². The topological polar surface area (TPSA) is 38.3 Å². The minimum absolute atomic E-state index is 0. The molecule has 1 N–H and O–H groups in total. The summed E-state index contributed by atoms with van der Waals surface area (Å²) in [4.78, 5) is 11.7. The van der Waals surface area contributed by atoms with Gasteiger partial charge in [0.15, 0.2) is 0 Å². The zero-order valence-corrected chi connectivity index (χ0v) is 18.8. The highest BCUT2D eigenvalue weighted by atomic mass is 35.5. The van der Waals surface area contributed by atoms with Gasteiger partial charge in [0.25, 0.3) is 0 Å². The second-order valence-electron chi connectivity index (χ2n) is 8.12. The lowest BCUT2D eigenvalue weighted by Crippen LogP contribution is -2.32. The number of hydrogen-bond acceptors (Lipinski definition) is 3. The molecule has 0 spiro atoms. The molecule has 1 heterocycles. The van der Waals surface area contributed by atoms with Crippen LogP contribution < -0.4 is 5.32 Å². The first-order valence-electron chi connectivity index (χ1n) is 11.7. The van der Waals surface area contributed by atoms with Gasteiger partial charge in [-0.25, -0.2) is 0 Å². The summed E-state index contributed by atoms with van der Waals surface area (Å²) < 4.78 is 5.34. The van der Waals surface area contributed by atoms with Gasteiger partial charge in [-0.3, -0.25) is 4.79 Å². The van der Waals surface area contributed by atoms with Crippen LogP contribution in [-0.4, -0.2) is 25.2 Å². The van der Waals surface area contributed by atoms with E-state index in [-0.39, 0.29) is 24.4 Å². The Morgan fingerprint density at radius 1 is 0.778 bits per heavy atom. The Hall–Kier alpha value is -0.280. The maximum absolute atomic E-state index is 11.7. The van der Waals surface area contributed by atoms with Crippen LogP contribution in [0.3, 0.4) is 0 Å². The van der Waals surface area contributed by atoms with Crippen molar-refractivity contribution in [3.8, 4) is 0 Å². The Morgan fingerprint density at radius 3 is 1.63 bits per heavy atom. The van der Waals surface area contributed by atoms with Gasteiger partial charge in [-0.2, -0.15) is 0 Å². The van der Waals surface area contributed by atoms with Crippen molar-refractivity contribution < 1.29 is 9.53 Å². The lowest BCUT2D eigenvalue weighted by molar-refractivity contribution is -0.145. The first-order valence-corrected chi connectivity index (χ1v) is 11.7. The summed E-state index contributed by atoms with van der Waals surface area (Å²) in [5.74, 6) is -0.0385. The van der Waals surface area contributed by atoms with E-state index >= 15 is 0 Å². The lowest BCUT2D eigenvalue weighted by atomic mass is 10.0. The van der Waals surface area contributed by atoms with E-state index in [1.165, 1.54) is 96.3 Å². The maximum Gasteiger partial charge on any atom is 0.323 e. The molecular weight excluding hydrogens is 358 g/mol. The van der Waals surface area contributed by atoms with E-state index < -0.39 is 0 Å². The van der Waals surface area contributed by atoms with Crippen LogP contribution >= 0.6 is 12.4 Å². The molecule has 27 heavy (non-hydrogen) atoms. The molecule has 0 aromatic carbocycles. The van der Waals surface area contributed by atoms with Gasteiger partial charge < -0.3 is 10.1 Å². The van der Waals surface area contributed by atoms with Crippen molar-refractivity contribution in [2.45, 2.75) is 129 Å². The molecule has 0 aromatic rings. The predicted molar refractivity (Wildman–Crippen MR) is 119 cm³/mol. The molecule has 0 saturated carbocycles. The molecule has 1 rings (SSSR count). The van der Waals surface area contributed by atoms with Gasteiger partial charge in [0.2, 0.25) is 0 Å². The van der Waals surface area contributed by atoms with Crippen molar-refractivity contribution in [1.82, 2.24) is 5.32 Å². The number of esters is 1. The zero-order chi connectivity index (χ0) is 18.7. The third kappa shape index (κ3) is 16.4. The number of hydrogen-bond donors (Lipinski definition) is 1. The van der Waals surface area contributed by atoms with Crippen molar-refractivity contribution >= 4 is 18.4 Å². The Balaban J connectivity index is 0.00000676. The predicted octanol–water partition coefficient (Wildman–Crippen LogP) is 6.96. The van der Waals surface area contributed by atoms with E-state index in [4.69, 9.17) is 4.74 Å². The Morgan fingerprint density at radius 2 is 1.22 bits per heavy atom. The number of nitrogens with one attached hydrogen (secondary N) is 1. The molecule has 0 amide bonds. The molecule has 4 heteroatoms. The fourth-order valence-electron chi connectivity index (χ4n) is 3.81. The molecule has 1 atom stereocenters. The first kappa shape index (κ1) is 26.7. The third-order valence-electron chi connectivity index (χ3n) is 5.59. The smallest absolute Gasteiger partial charge is 0.323 e. The second-order valence-corrected chi connectivity index (χ2v) is 8.12. The highest BCUT2D eigenvalue weighted by Gasteiger charge is 2.22. The van der Waals surface area contributed by atoms with Gasteiger partial charge in [-0.15, -0.1) is 12.4 Å². The molecule has 1 unspecified atom stereocenters. The molecule has 3 nitrogen and oxygen atoms in total. The average molecular weight is 404 g/mol. The van der Waals surface area contributed by atoms with Crippen molar-refractivity contribution in [2.75, 3.05) is 13.2 Å². The van der Waals surface area contributed by atoms with Gasteiger partial charge in [0.1, 0.15) is 6.04 Å². The standard InChI is InChI=1S/C23H45NO2.ClH/c1-2-3-4-5-6-7-8-9-10-11-12-13-14-15-16-17-21-26-23(25)22-19-18-20-24-22;/h22,24H,2-21H2,1H3;1H. The van der Waals surface area contributed by atoms with Gasteiger partial charge in [-0.1, -0.05) is 103 Å². The molecule has 0 bridgehead atoms. The largest absolute Gasteiger partial charge is 0.465 e. The fraction of sp³-hybridized carbons (Fsp3) is 0.957. The van der Waals surface area contributed by atoms with E-state index in [0.29, 0.717) is 6.61 Å². The van der Waals surface area contributed by atoms with Gasteiger partial charge >= 0.3 is 5.97 Å². The summed E-state index contributed by atoms with van der Waals surface area (Å²) in [5, 5.41) is 3.19. The highest BCUT2D eigenvalue weighted by molar-refractivity contribution is 5.85. The summed E-state index contributed by atoms with van der Waals surface area (Å²) in [7, 11) is 0. The molecule has 1 aliphatic rings. The van der Waals surface area contributed by atoms with Crippen molar-refractivity contribution in [3.05, 3.63) is 0 Å². The number of halogens is 1. The Kier molecular flexibility index (Phi) is 20.2. The normalized spacial score (nSPS) is 16.3. The zero-order valence-electron chi connectivity index (χ0n) is 17.9. The molecule has 1 fully saturated rings. The quantitative estimate of drug-likeness (QED) is 0.198. The molecular formula is C23H46ClNO2. The highest BCUT2D eigenvalue weighted by Crippen LogP contribution is 2.14. The number of carbonyl (C=O) groups is 1. The summed E-state index contributed by atoms with van der Waals surface area (Å²) in [6.07, 6.45) is 24.0. The second kappa shape index (κ2) is 20.5. The molecule has 162 valence electrons. The van der Waals surface area contributed by atoms with Crippen LogP contribution in [0.15, 0.2) is 0 Å². The first-order chi connectivity index (χ1) is 12.8. The third-order valence-corrected chi connectivity index (χ3v) is 5.59. The summed E-state index contributed by atoms with van der Waals surface area (Å²) in [6.45, 7) is 3.85. The summed E-state index contributed by atoms with van der Waals surface area (Å²) in [6, 6.07) is -0.0314. The van der Waals surface area contributed by atoms with E-state index in [0.717, 1.165) is 25.8 Å². The SMILES string of the molecule is CCCCCCCCCCCCCCCCCCOC(=O)C1CCCN1.Cl. The minimum Gasteiger partial charge on any atom is -0.465 e. The average Bonchev–Trinajstić information content (AvgIpc) is 3.19. The Labute approximate surface area is 175 Å². The van der Waals surface area contributed by atoms with Crippen molar-refractivity contribution in [3.63, 3.8) is 0 Å². The van der Waals surface area contributed by atoms with Crippen LogP contribution in [-0.2, 0) is 9.53 Å². The number of carbonyl (C=O) groups excluding carboxylic acids is 1. The maximum atomic E-state index is 11.7. The molecule has 0 radical (unpaired) electrons. The van der Waals surface area contributed by atoms with Crippen LogP contribution in [0.25, 0.3) is 0 Å². The van der Waals surface area contributed by atoms with Crippen LogP contribution in [0.5, 0.6) is 0 Å². The number of ether oxygens (including phenoxy) is 1. The molecule has 1 aliphatic heterocycles. The monoisotopic (exact) mass is 403 g/mol. The molecule has 0 aromatic heterocycles. The van der Waals surface area contributed by atoms with E-state index in [9.17, 15) is 4.79 Å². The van der Waals surface area contributed by atoms with Crippen LogP contribution in [0.2, 0.25) is 0 Å². The number of rotatable bonds is 18.